The smallest absolute Gasteiger partial charge is 0.327 e. The quantitative estimate of drug-likeness (QED) is 0.823. The first kappa shape index (κ1) is 15.4. The predicted octanol–water partition coefficient (Wildman–Crippen LogP) is 1.36. The first-order valence-electron chi connectivity index (χ1n) is 6.87. The second kappa shape index (κ2) is 5.81. The molecule has 3 atom stereocenters. The van der Waals surface area contributed by atoms with Crippen molar-refractivity contribution >= 4 is 23.8 Å². The van der Waals surface area contributed by atoms with E-state index in [9.17, 15) is 14.7 Å². The minimum absolute atomic E-state index is 0.0954. The number of aliphatic carboxylic acids is 1. The lowest BCUT2D eigenvalue weighted by Crippen LogP contribution is -2.57. The van der Waals surface area contributed by atoms with E-state index in [1.165, 1.54) is 16.7 Å². The number of carboxylic acid groups (broad SMARTS) is 1. The molecule has 0 spiro atoms. The molecule has 0 aromatic carbocycles. The molecule has 0 radical (unpaired) electrons. The van der Waals surface area contributed by atoms with Crippen molar-refractivity contribution in [1.29, 1.82) is 0 Å². The monoisotopic (exact) mass is 302 g/mol. The molecule has 7 heteroatoms. The van der Waals surface area contributed by atoms with Crippen LogP contribution >= 0.6 is 11.8 Å². The molecular formula is C13H22N2O4S. The zero-order chi connectivity index (χ0) is 14.9. The van der Waals surface area contributed by atoms with Gasteiger partial charge in [-0.25, -0.2) is 9.59 Å². The number of thioether (sulfide) groups is 1. The summed E-state index contributed by atoms with van der Waals surface area (Å²) in [6.45, 7) is 7.04. The Kier molecular flexibility index (Phi) is 4.49. The van der Waals surface area contributed by atoms with Crippen molar-refractivity contribution in [3.05, 3.63) is 0 Å². The van der Waals surface area contributed by atoms with Crippen LogP contribution in [-0.2, 0) is 9.53 Å². The average molecular weight is 302 g/mol. The summed E-state index contributed by atoms with van der Waals surface area (Å²) in [7, 11) is 0. The Hall–Kier alpha value is -0.950. The zero-order valence-electron chi connectivity index (χ0n) is 12.1. The van der Waals surface area contributed by atoms with Crippen LogP contribution in [0, 0.1) is 5.92 Å². The second-order valence-electron chi connectivity index (χ2n) is 6.02. The van der Waals surface area contributed by atoms with Crippen LogP contribution in [-0.4, -0.2) is 57.9 Å². The number of rotatable bonds is 3. The van der Waals surface area contributed by atoms with Gasteiger partial charge in [-0.3, -0.25) is 4.90 Å². The summed E-state index contributed by atoms with van der Waals surface area (Å²) in [5.74, 6) is -0.287. The highest BCUT2D eigenvalue weighted by Crippen LogP contribution is 2.34. The standard InChI is InChI=1S/C13H22N2O4S/c1-8(2)10-15(9(6-20-10)11(16)17)12(18)14-13(3)4-5-19-7-13/h8-10H,4-7H2,1-3H3,(H,14,18)(H,16,17). The van der Waals surface area contributed by atoms with Crippen LogP contribution in [0.15, 0.2) is 0 Å². The molecule has 2 aliphatic heterocycles. The molecule has 0 bridgehead atoms. The van der Waals surface area contributed by atoms with Crippen LogP contribution in [0.2, 0.25) is 0 Å². The molecule has 0 aromatic heterocycles. The van der Waals surface area contributed by atoms with Crippen molar-refractivity contribution in [2.75, 3.05) is 19.0 Å². The first-order valence-corrected chi connectivity index (χ1v) is 7.91. The molecule has 0 aromatic rings. The molecule has 2 rings (SSSR count). The maximum Gasteiger partial charge on any atom is 0.327 e. The van der Waals surface area contributed by atoms with E-state index in [4.69, 9.17) is 4.74 Å². The third-order valence-corrected chi connectivity index (χ3v) is 5.37. The topological polar surface area (TPSA) is 78.9 Å². The lowest BCUT2D eigenvalue weighted by molar-refractivity contribution is -0.141. The summed E-state index contributed by atoms with van der Waals surface area (Å²) >= 11 is 1.53. The van der Waals surface area contributed by atoms with Gasteiger partial charge in [0.25, 0.3) is 0 Å². The fraction of sp³-hybridized carbons (Fsp3) is 0.846. The molecule has 3 unspecified atom stereocenters. The largest absolute Gasteiger partial charge is 0.480 e. The SMILES string of the molecule is CC(C)C1SCC(C(=O)O)N1C(=O)NC1(C)CCOC1. The van der Waals surface area contributed by atoms with Gasteiger partial charge in [-0.1, -0.05) is 13.8 Å². The zero-order valence-corrected chi connectivity index (χ0v) is 12.9. The number of ether oxygens (including phenoxy) is 1. The van der Waals surface area contributed by atoms with Crippen molar-refractivity contribution in [3.8, 4) is 0 Å². The van der Waals surface area contributed by atoms with Gasteiger partial charge in [-0.15, -0.1) is 11.8 Å². The number of amides is 2. The van der Waals surface area contributed by atoms with Gasteiger partial charge < -0.3 is 15.2 Å². The Bertz CT molecular complexity index is 396. The van der Waals surface area contributed by atoms with Gasteiger partial charge in [-0.05, 0) is 19.3 Å². The highest BCUT2D eigenvalue weighted by molar-refractivity contribution is 8.00. The molecule has 114 valence electrons. The van der Waals surface area contributed by atoms with Crippen molar-refractivity contribution in [2.24, 2.45) is 5.92 Å². The lowest BCUT2D eigenvalue weighted by Gasteiger charge is -2.33. The average Bonchev–Trinajstić information content (AvgIpc) is 2.94. The molecule has 2 heterocycles. The summed E-state index contributed by atoms with van der Waals surface area (Å²) < 4.78 is 5.32. The van der Waals surface area contributed by atoms with Crippen molar-refractivity contribution in [1.82, 2.24) is 10.2 Å². The highest BCUT2D eigenvalue weighted by Gasteiger charge is 2.44. The van der Waals surface area contributed by atoms with Gasteiger partial charge in [0, 0.05) is 12.4 Å². The number of carbonyl (C=O) groups excluding carboxylic acids is 1. The Labute approximate surface area is 123 Å². The summed E-state index contributed by atoms with van der Waals surface area (Å²) in [6.07, 6.45) is 0.754. The maximum atomic E-state index is 12.5. The van der Waals surface area contributed by atoms with Crippen LogP contribution < -0.4 is 5.32 Å². The molecule has 6 nitrogen and oxygen atoms in total. The van der Waals surface area contributed by atoms with Crippen LogP contribution in [0.4, 0.5) is 4.79 Å². The third-order valence-electron chi connectivity index (χ3n) is 3.75. The van der Waals surface area contributed by atoms with Crippen molar-refractivity contribution < 1.29 is 19.4 Å². The van der Waals surface area contributed by atoms with E-state index in [2.05, 4.69) is 5.32 Å². The van der Waals surface area contributed by atoms with Crippen LogP contribution in [0.3, 0.4) is 0 Å². The minimum Gasteiger partial charge on any atom is -0.480 e. The Morgan fingerprint density at radius 2 is 2.20 bits per heavy atom. The summed E-state index contributed by atoms with van der Waals surface area (Å²) in [5, 5.41) is 12.2. The van der Waals surface area contributed by atoms with Crippen LogP contribution in [0.1, 0.15) is 27.2 Å². The molecule has 2 N–H and O–H groups in total. The second-order valence-corrected chi connectivity index (χ2v) is 7.17. The number of hydrogen-bond acceptors (Lipinski definition) is 4. The molecule has 2 aliphatic rings. The van der Waals surface area contributed by atoms with Crippen molar-refractivity contribution in [2.45, 2.75) is 44.1 Å². The van der Waals surface area contributed by atoms with E-state index in [1.807, 2.05) is 20.8 Å². The third kappa shape index (κ3) is 3.03. The number of nitrogens with zero attached hydrogens (tertiary/aromatic N) is 1. The maximum absolute atomic E-state index is 12.5. The van der Waals surface area contributed by atoms with Gasteiger partial charge in [0.1, 0.15) is 6.04 Å². The van der Waals surface area contributed by atoms with Gasteiger partial charge in [-0.2, -0.15) is 0 Å². The number of nitrogens with one attached hydrogen (secondary N) is 1. The van der Waals surface area contributed by atoms with Crippen LogP contribution in [0.25, 0.3) is 0 Å². The number of carboxylic acids is 1. The fourth-order valence-electron chi connectivity index (χ4n) is 2.58. The van der Waals surface area contributed by atoms with Crippen molar-refractivity contribution in [3.63, 3.8) is 0 Å². The number of carbonyl (C=O) groups is 2. The summed E-state index contributed by atoms with van der Waals surface area (Å²) in [6, 6.07) is -1.05. The van der Waals surface area contributed by atoms with E-state index in [-0.39, 0.29) is 17.3 Å². The van der Waals surface area contributed by atoms with E-state index >= 15 is 0 Å². The molecule has 20 heavy (non-hydrogen) atoms. The van der Waals surface area contributed by atoms with E-state index < -0.39 is 17.6 Å². The van der Waals surface area contributed by atoms with Crippen LogP contribution in [0.5, 0.6) is 0 Å². The number of hydrogen-bond donors (Lipinski definition) is 2. The summed E-state index contributed by atoms with van der Waals surface area (Å²) in [5.41, 5.74) is -0.394. The normalized spacial score (nSPS) is 33.7. The molecule has 0 aliphatic carbocycles. The highest BCUT2D eigenvalue weighted by atomic mass is 32.2. The van der Waals surface area contributed by atoms with E-state index in [1.54, 1.807) is 0 Å². The fourth-order valence-corrected chi connectivity index (χ4v) is 4.05. The van der Waals surface area contributed by atoms with E-state index in [0.717, 1.165) is 6.42 Å². The van der Waals surface area contributed by atoms with E-state index in [0.29, 0.717) is 19.0 Å². The Balaban J connectivity index is 2.12. The molecule has 0 saturated carbocycles. The Morgan fingerprint density at radius 1 is 1.50 bits per heavy atom. The van der Waals surface area contributed by atoms with Gasteiger partial charge >= 0.3 is 12.0 Å². The first-order chi connectivity index (χ1) is 9.34. The summed E-state index contributed by atoms with van der Waals surface area (Å²) in [4.78, 5) is 25.3. The molecule has 2 saturated heterocycles. The predicted molar refractivity (Wildman–Crippen MR) is 76.7 cm³/mol. The molecule has 2 amide bonds. The lowest BCUT2D eigenvalue weighted by atomic mass is 10.0. The molecular weight excluding hydrogens is 280 g/mol. The van der Waals surface area contributed by atoms with Gasteiger partial charge in [0.05, 0.1) is 17.5 Å². The molecule has 2 fully saturated rings. The van der Waals surface area contributed by atoms with Gasteiger partial charge in [0.15, 0.2) is 0 Å². The minimum atomic E-state index is -0.941. The Morgan fingerprint density at radius 3 is 2.70 bits per heavy atom. The number of urea groups is 1. The van der Waals surface area contributed by atoms with Gasteiger partial charge in [0.2, 0.25) is 0 Å².